The van der Waals surface area contributed by atoms with Crippen LogP contribution in [0.25, 0.3) is 0 Å². The van der Waals surface area contributed by atoms with E-state index in [1.807, 2.05) is 0 Å². The van der Waals surface area contributed by atoms with Crippen molar-refractivity contribution >= 4 is 0 Å². The molecule has 2 unspecified atom stereocenters. The quantitative estimate of drug-likeness (QED) is 0.326. The van der Waals surface area contributed by atoms with Gasteiger partial charge in [0.2, 0.25) is 0 Å². The van der Waals surface area contributed by atoms with E-state index in [0.29, 0.717) is 0 Å². The van der Waals surface area contributed by atoms with Gasteiger partial charge in [-0.3, -0.25) is 0 Å². The Bertz CT molecular complexity index is 424. The molecule has 0 radical (unpaired) electrons. The van der Waals surface area contributed by atoms with Crippen LogP contribution < -0.4 is 0 Å². The Hall–Kier alpha value is -1.08. The molecule has 25 heavy (non-hydrogen) atoms. The molecule has 0 aliphatic heterocycles. The lowest BCUT2D eigenvalue weighted by molar-refractivity contribution is 0.0365. The molecule has 0 N–H and O–H groups in total. The summed E-state index contributed by atoms with van der Waals surface area (Å²) in [5.41, 5.74) is 5.67. The van der Waals surface area contributed by atoms with Gasteiger partial charge < -0.3 is 4.74 Å². The van der Waals surface area contributed by atoms with Gasteiger partial charge in [-0.25, -0.2) is 0 Å². The van der Waals surface area contributed by atoms with E-state index in [1.165, 1.54) is 22.3 Å². The zero-order valence-corrected chi connectivity index (χ0v) is 18.1. The van der Waals surface area contributed by atoms with E-state index in [4.69, 9.17) is 4.74 Å². The van der Waals surface area contributed by atoms with Crippen LogP contribution in [-0.4, -0.2) is 12.2 Å². The predicted octanol–water partition coefficient (Wildman–Crippen LogP) is 7.95. The maximum absolute atomic E-state index is 6.36. The maximum Gasteiger partial charge on any atom is 0.0763 e. The van der Waals surface area contributed by atoms with E-state index in [1.54, 1.807) is 0 Å². The van der Waals surface area contributed by atoms with E-state index in [0.717, 1.165) is 38.5 Å². The molecule has 144 valence electrons. The summed E-state index contributed by atoms with van der Waals surface area (Å²) in [4.78, 5) is 0. The molecule has 0 aromatic carbocycles. The van der Waals surface area contributed by atoms with Gasteiger partial charge in [-0.05, 0) is 80.1 Å². The summed E-state index contributed by atoms with van der Waals surface area (Å²) < 4.78 is 6.36. The van der Waals surface area contributed by atoms with Crippen molar-refractivity contribution in [1.29, 1.82) is 0 Å². The van der Waals surface area contributed by atoms with Crippen molar-refractivity contribution in [2.45, 2.75) is 106 Å². The minimum atomic E-state index is 0.221. The van der Waals surface area contributed by atoms with E-state index in [2.05, 4.69) is 79.7 Å². The van der Waals surface area contributed by atoms with Crippen LogP contribution in [0.2, 0.25) is 0 Å². The zero-order chi connectivity index (χ0) is 19.2. The van der Waals surface area contributed by atoms with Crippen LogP contribution in [0.3, 0.4) is 0 Å². The van der Waals surface area contributed by atoms with Crippen molar-refractivity contribution in [2.75, 3.05) is 0 Å². The zero-order valence-electron chi connectivity index (χ0n) is 18.1. The molecule has 0 bridgehead atoms. The molecule has 0 heterocycles. The summed E-state index contributed by atoms with van der Waals surface area (Å²) in [5, 5.41) is 0. The fourth-order valence-electron chi connectivity index (χ4n) is 2.71. The van der Waals surface area contributed by atoms with Gasteiger partial charge in [0.05, 0.1) is 12.2 Å². The van der Waals surface area contributed by atoms with E-state index >= 15 is 0 Å². The number of hydrogen-bond acceptors (Lipinski definition) is 1. The number of hydrogen-bond donors (Lipinski definition) is 0. The van der Waals surface area contributed by atoms with Gasteiger partial charge in [0.1, 0.15) is 0 Å². The summed E-state index contributed by atoms with van der Waals surface area (Å²) in [6.07, 6.45) is 16.3. The first-order chi connectivity index (χ1) is 11.8. The van der Waals surface area contributed by atoms with Gasteiger partial charge in [-0.2, -0.15) is 0 Å². The highest BCUT2D eigenvalue weighted by Gasteiger charge is 2.11. The third kappa shape index (κ3) is 13.8. The van der Waals surface area contributed by atoms with Gasteiger partial charge in [0.25, 0.3) is 0 Å². The lowest BCUT2D eigenvalue weighted by Crippen LogP contribution is -2.18. The highest BCUT2D eigenvalue weighted by molar-refractivity contribution is 5.07. The van der Waals surface area contributed by atoms with Crippen LogP contribution in [0.4, 0.5) is 0 Å². The molecule has 1 heteroatoms. The van der Waals surface area contributed by atoms with Crippen LogP contribution in [0.5, 0.6) is 0 Å². The molecule has 0 aromatic rings. The highest BCUT2D eigenvalue weighted by Crippen LogP contribution is 2.16. The average molecular weight is 347 g/mol. The van der Waals surface area contributed by atoms with Crippen LogP contribution >= 0.6 is 0 Å². The first-order valence-corrected chi connectivity index (χ1v) is 10.0. The lowest BCUT2D eigenvalue weighted by Gasteiger charge is -2.20. The average Bonchev–Trinajstić information content (AvgIpc) is 2.52. The van der Waals surface area contributed by atoms with Crippen molar-refractivity contribution < 1.29 is 4.74 Å². The van der Waals surface area contributed by atoms with Gasteiger partial charge in [0, 0.05) is 0 Å². The largest absolute Gasteiger partial charge is 0.367 e. The van der Waals surface area contributed by atoms with Crippen LogP contribution in [0, 0.1) is 0 Å². The standard InChI is InChI=1S/C24H42O/c1-9-23(17-21(7)15-11-13-19(3)4)25-24(10-2)18-22(8)16-12-14-20(5)6/h13-14,17-18,23-24H,9-12,15-16H2,1-8H3/b21-17+,22-18+. The maximum atomic E-state index is 6.36. The second-order valence-electron chi connectivity index (χ2n) is 7.70. The Morgan fingerprint density at radius 2 is 1.04 bits per heavy atom. The molecule has 1 nitrogen and oxygen atoms in total. The summed E-state index contributed by atoms with van der Waals surface area (Å²) in [5.74, 6) is 0. The predicted molar refractivity (Wildman–Crippen MR) is 114 cm³/mol. The molecule has 0 saturated heterocycles. The molecular formula is C24H42O. The molecular weight excluding hydrogens is 304 g/mol. The molecule has 0 aliphatic carbocycles. The SMILES string of the molecule is CCC(/C=C(\C)CCC=C(C)C)OC(/C=C(\C)CCC=C(C)C)CC. The molecule has 0 rings (SSSR count). The van der Waals surface area contributed by atoms with Crippen molar-refractivity contribution in [3.8, 4) is 0 Å². The van der Waals surface area contributed by atoms with Crippen molar-refractivity contribution in [1.82, 2.24) is 0 Å². The highest BCUT2D eigenvalue weighted by atomic mass is 16.5. The molecule has 0 fully saturated rings. The third-order valence-corrected chi connectivity index (χ3v) is 4.28. The fraction of sp³-hybridized carbons (Fsp3) is 0.667. The number of allylic oxidation sites excluding steroid dienone is 6. The molecule has 0 amide bonds. The molecule has 0 aromatic heterocycles. The minimum absolute atomic E-state index is 0.221. The van der Waals surface area contributed by atoms with Gasteiger partial charge in [-0.1, -0.05) is 60.4 Å². The Kier molecular flexibility index (Phi) is 13.5. The fourth-order valence-corrected chi connectivity index (χ4v) is 2.71. The summed E-state index contributed by atoms with van der Waals surface area (Å²) >= 11 is 0. The van der Waals surface area contributed by atoms with Crippen molar-refractivity contribution in [3.63, 3.8) is 0 Å². The summed E-state index contributed by atoms with van der Waals surface area (Å²) in [6, 6.07) is 0. The van der Waals surface area contributed by atoms with Crippen molar-refractivity contribution in [3.05, 3.63) is 46.6 Å². The van der Waals surface area contributed by atoms with Gasteiger partial charge in [-0.15, -0.1) is 0 Å². The van der Waals surface area contributed by atoms with Crippen LogP contribution in [-0.2, 0) is 4.74 Å². The third-order valence-electron chi connectivity index (χ3n) is 4.28. The number of rotatable bonds is 12. The number of ether oxygens (including phenoxy) is 1. The molecule has 0 spiro atoms. The van der Waals surface area contributed by atoms with Crippen molar-refractivity contribution in [2.24, 2.45) is 0 Å². The van der Waals surface area contributed by atoms with E-state index in [-0.39, 0.29) is 12.2 Å². The smallest absolute Gasteiger partial charge is 0.0763 e. The topological polar surface area (TPSA) is 9.23 Å². The van der Waals surface area contributed by atoms with E-state index in [9.17, 15) is 0 Å². The first-order valence-electron chi connectivity index (χ1n) is 10.0. The second kappa shape index (κ2) is 14.1. The minimum Gasteiger partial charge on any atom is -0.367 e. The summed E-state index contributed by atoms with van der Waals surface area (Å²) in [6.45, 7) is 17.5. The Labute approximate surface area is 157 Å². The molecule has 2 atom stereocenters. The lowest BCUT2D eigenvalue weighted by atomic mass is 10.1. The van der Waals surface area contributed by atoms with Gasteiger partial charge >= 0.3 is 0 Å². The van der Waals surface area contributed by atoms with Gasteiger partial charge in [0.15, 0.2) is 0 Å². The summed E-state index contributed by atoms with van der Waals surface area (Å²) in [7, 11) is 0. The normalized spacial score (nSPS) is 14.9. The second-order valence-corrected chi connectivity index (χ2v) is 7.70. The monoisotopic (exact) mass is 346 g/mol. The Balaban J connectivity index is 4.67. The molecule has 0 aliphatic rings. The first kappa shape index (κ1) is 23.9. The Morgan fingerprint density at radius 3 is 1.32 bits per heavy atom. The van der Waals surface area contributed by atoms with Crippen LogP contribution in [0.1, 0.15) is 93.9 Å². The Morgan fingerprint density at radius 1 is 0.680 bits per heavy atom. The van der Waals surface area contributed by atoms with Crippen LogP contribution in [0.15, 0.2) is 46.6 Å². The van der Waals surface area contributed by atoms with E-state index < -0.39 is 0 Å². The molecule has 0 saturated carbocycles.